The molecule has 20 heavy (non-hydrogen) atoms. The minimum Gasteiger partial charge on any atom is -0.438 e. The summed E-state index contributed by atoms with van der Waals surface area (Å²) >= 11 is 0. The van der Waals surface area contributed by atoms with E-state index in [0.717, 1.165) is 27.6 Å². The fraction of sp³-hybridized carbons (Fsp3) is 0.0588. The molecule has 0 N–H and O–H groups in total. The summed E-state index contributed by atoms with van der Waals surface area (Å²) in [7, 11) is 0. The Morgan fingerprint density at radius 3 is 2.45 bits per heavy atom. The van der Waals surface area contributed by atoms with E-state index in [1.165, 1.54) is 0 Å². The third kappa shape index (κ3) is 1.60. The Kier molecular flexibility index (Phi) is 2.33. The molecule has 2 aromatic carbocycles. The van der Waals surface area contributed by atoms with Crippen molar-refractivity contribution in [3.8, 4) is 11.4 Å². The van der Waals surface area contributed by atoms with E-state index in [2.05, 4.69) is 9.97 Å². The van der Waals surface area contributed by atoms with Crippen molar-refractivity contribution in [2.75, 3.05) is 0 Å². The van der Waals surface area contributed by atoms with Crippen molar-refractivity contribution in [3.05, 3.63) is 60.3 Å². The number of benzene rings is 2. The van der Waals surface area contributed by atoms with Gasteiger partial charge in [0, 0.05) is 10.9 Å². The van der Waals surface area contributed by atoms with Gasteiger partial charge in [-0.2, -0.15) is 4.98 Å². The quantitative estimate of drug-likeness (QED) is 0.510. The Labute approximate surface area is 115 Å². The molecule has 0 unspecified atom stereocenters. The first kappa shape index (κ1) is 11.2. The van der Waals surface area contributed by atoms with Crippen molar-refractivity contribution < 1.29 is 4.42 Å². The number of hydrogen-bond acceptors (Lipinski definition) is 3. The van der Waals surface area contributed by atoms with Crippen LogP contribution in [0.25, 0.3) is 33.5 Å². The van der Waals surface area contributed by atoms with Crippen LogP contribution >= 0.6 is 0 Å². The molecule has 0 saturated carbocycles. The van der Waals surface area contributed by atoms with E-state index in [9.17, 15) is 0 Å². The van der Waals surface area contributed by atoms with Gasteiger partial charge in [-0.1, -0.05) is 48.5 Å². The van der Waals surface area contributed by atoms with Gasteiger partial charge in [-0.3, -0.25) is 0 Å². The smallest absolute Gasteiger partial charge is 0.231 e. The predicted molar refractivity (Wildman–Crippen MR) is 79.5 cm³/mol. The summed E-state index contributed by atoms with van der Waals surface area (Å²) in [5.41, 5.74) is 3.44. The molecule has 4 rings (SSSR count). The number of aromatic nitrogens is 2. The molecule has 2 aromatic heterocycles. The maximum absolute atomic E-state index is 5.84. The summed E-state index contributed by atoms with van der Waals surface area (Å²) in [6.45, 7) is 2.00. The lowest BCUT2D eigenvalue weighted by molar-refractivity contribution is 0.653. The van der Waals surface area contributed by atoms with Gasteiger partial charge in [0.2, 0.25) is 5.71 Å². The lowest BCUT2D eigenvalue weighted by atomic mass is 10.1. The molecule has 0 aliphatic carbocycles. The summed E-state index contributed by atoms with van der Waals surface area (Å²) in [4.78, 5) is 9.19. The van der Waals surface area contributed by atoms with Crippen LogP contribution < -0.4 is 0 Å². The van der Waals surface area contributed by atoms with Crippen molar-refractivity contribution in [3.63, 3.8) is 0 Å². The second kappa shape index (κ2) is 4.17. The molecule has 0 aliphatic rings. The van der Waals surface area contributed by atoms with E-state index in [0.29, 0.717) is 11.5 Å². The fourth-order valence-electron chi connectivity index (χ4n) is 2.51. The second-order valence-corrected chi connectivity index (χ2v) is 4.78. The monoisotopic (exact) mass is 260 g/mol. The molecular formula is C17H12N2O. The van der Waals surface area contributed by atoms with Crippen molar-refractivity contribution in [2.45, 2.75) is 6.92 Å². The summed E-state index contributed by atoms with van der Waals surface area (Å²) in [5, 5.41) is 2.07. The van der Waals surface area contributed by atoms with E-state index >= 15 is 0 Å². The first-order valence-corrected chi connectivity index (χ1v) is 6.54. The highest BCUT2D eigenvalue weighted by molar-refractivity contribution is 6.05. The molecule has 0 amide bonds. The van der Waals surface area contributed by atoms with Crippen LogP contribution in [0.1, 0.15) is 5.69 Å². The predicted octanol–water partition coefficient (Wildman–Crippen LogP) is 4.35. The van der Waals surface area contributed by atoms with Crippen molar-refractivity contribution in [2.24, 2.45) is 0 Å². The highest BCUT2D eigenvalue weighted by atomic mass is 16.3. The normalized spacial score (nSPS) is 11.2. The number of rotatable bonds is 1. The molecule has 4 aromatic rings. The molecule has 0 atom stereocenters. The molecule has 0 bridgehead atoms. The van der Waals surface area contributed by atoms with Crippen molar-refractivity contribution in [1.29, 1.82) is 0 Å². The summed E-state index contributed by atoms with van der Waals surface area (Å²) < 4.78 is 5.84. The van der Waals surface area contributed by atoms with E-state index < -0.39 is 0 Å². The minimum absolute atomic E-state index is 0.651. The third-order valence-electron chi connectivity index (χ3n) is 3.45. The lowest BCUT2D eigenvalue weighted by Crippen LogP contribution is -1.92. The molecule has 0 aliphatic heterocycles. The minimum atomic E-state index is 0.651. The number of fused-ring (bicyclic) bond motifs is 3. The van der Waals surface area contributed by atoms with Gasteiger partial charge in [-0.05, 0) is 13.0 Å². The van der Waals surface area contributed by atoms with Crippen LogP contribution in [-0.4, -0.2) is 9.97 Å². The maximum atomic E-state index is 5.84. The molecule has 0 fully saturated rings. The van der Waals surface area contributed by atoms with E-state index in [-0.39, 0.29) is 0 Å². The summed E-state index contributed by atoms with van der Waals surface area (Å²) in [6.07, 6.45) is 0. The van der Waals surface area contributed by atoms with E-state index in [1.54, 1.807) is 0 Å². The molecular weight excluding hydrogens is 248 g/mol. The maximum Gasteiger partial charge on any atom is 0.231 e. The Balaban J connectivity index is 2.06. The van der Waals surface area contributed by atoms with Gasteiger partial charge in [-0.15, -0.1) is 0 Å². The van der Waals surface area contributed by atoms with E-state index in [4.69, 9.17) is 4.42 Å². The molecule has 96 valence electrons. The highest BCUT2D eigenvalue weighted by Crippen LogP contribution is 2.30. The standard InChI is InChI=1S/C17H12N2O/c1-11-15-13-9-5-6-10-14(13)20-17(15)19-16(18-11)12-7-3-2-4-8-12/h2-10H,1H3. The van der Waals surface area contributed by atoms with Crippen molar-refractivity contribution >= 4 is 22.1 Å². The van der Waals surface area contributed by atoms with Gasteiger partial charge >= 0.3 is 0 Å². The molecule has 0 saturated heterocycles. The highest BCUT2D eigenvalue weighted by Gasteiger charge is 2.13. The van der Waals surface area contributed by atoms with Gasteiger partial charge in [0.25, 0.3) is 0 Å². The van der Waals surface area contributed by atoms with Gasteiger partial charge in [-0.25, -0.2) is 4.98 Å². The first-order valence-electron chi connectivity index (χ1n) is 6.54. The Morgan fingerprint density at radius 1 is 0.850 bits per heavy atom. The lowest BCUT2D eigenvalue weighted by Gasteiger charge is -2.01. The molecule has 0 spiro atoms. The topological polar surface area (TPSA) is 38.9 Å². The van der Waals surface area contributed by atoms with E-state index in [1.807, 2.05) is 61.5 Å². The van der Waals surface area contributed by atoms with Gasteiger partial charge in [0.1, 0.15) is 5.58 Å². The number of hydrogen-bond donors (Lipinski definition) is 0. The third-order valence-corrected chi connectivity index (χ3v) is 3.45. The SMILES string of the molecule is Cc1nc(-c2ccccc2)nc2oc3ccccc3c12. The van der Waals surface area contributed by atoms with Crippen molar-refractivity contribution in [1.82, 2.24) is 9.97 Å². The Hall–Kier alpha value is -2.68. The average Bonchev–Trinajstić information content (AvgIpc) is 2.87. The zero-order chi connectivity index (χ0) is 13.5. The molecule has 3 heteroatoms. The van der Waals surface area contributed by atoms with Crippen LogP contribution in [-0.2, 0) is 0 Å². The molecule has 0 radical (unpaired) electrons. The number of para-hydroxylation sites is 1. The van der Waals surface area contributed by atoms with Gasteiger partial charge in [0.05, 0.1) is 11.1 Å². The van der Waals surface area contributed by atoms with Gasteiger partial charge in [0.15, 0.2) is 5.82 Å². The van der Waals surface area contributed by atoms with Crippen LogP contribution in [0, 0.1) is 6.92 Å². The number of aryl methyl sites for hydroxylation is 1. The fourth-order valence-corrected chi connectivity index (χ4v) is 2.51. The average molecular weight is 260 g/mol. The Bertz CT molecular complexity index is 910. The summed E-state index contributed by atoms with van der Waals surface area (Å²) in [6, 6.07) is 17.9. The molecule has 3 nitrogen and oxygen atoms in total. The van der Waals surface area contributed by atoms with Gasteiger partial charge < -0.3 is 4.42 Å². The second-order valence-electron chi connectivity index (χ2n) is 4.78. The van der Waals surface area contributed by atoms with Crippen LogP contribution in [0.15, 0.2) is 59.0 Å². The van der Waals surface area contributed by atoms with Crippen LogP contribution in [0.5, 0.6) is 0 Å². The van der Waals surface area contributed by atoms with Crippen LogP contribution in [0.4, 0.5) is 0 Å². The largest absolute Gasteiger partial charge is 0.438 e. The zero-order valence-electron chi connectivity index (χ0n) is 11.0. The summed E-state index contributed by atoms with van der Waals surface area (Å²) in [5.74, 6) is 0.703. The number of nitrogens with zero attached hydrogens (tertiary/aromatic N) is 2. The number of furan rings is 1. The van der Waals surface area contributed by atoms with Crippen LogP contribution in [0.3, 0.4) is 0 Å². The first-order chi connectivity index (χ1) is 9.83. The van der Waals surface area contributed by atoms with Crippen LogP contribution in [0.2, 0.25) is 0 Å². The molecule has 2 heterocycles. The Morgan fingerprint density at radius 2 is 1.60 bits per heavy atom. The zero-order valence-corrected chi connectivity index (χ0v) is 11.0.